The number of rotatable bonds is 3. The largest absolute Gasteiger partial charge is 0.491 e. The Labute approximate surface area is 92.5 Å². The molecule has 0 saturated carbocycles. The summed E-state index contributed by atoms with van der Waals surface area (Å²) in [5.41, 5.74) is 0.753. The molecule has 1 radical (unpaired) electrons. The van der Waals surface area contributed by atoms with Gasteiger partial charge in [0.15, 0.2) is 0 Å². The summed E-state index contributed by atoms with van der Waals surface area (Å²) < 4.78 is 6.95. The number of nitrogens with zero attached hydrogens (tertiary/aromatic N) is 3. The third-order valence-electron chi connectivity index (χ3n) is 1.84. The highest BCUT2D eigenvalue weighted by atomic mass is 35.5. The maximum atomic E-state index is 5.90. The molecule has 1 aromatic carbocycles. The monoisotopic (exact) mass is 222 g/mol. The predicted octanol–water partition coefficient (Wildman–Crippen LogP) is 2.13. The predicted molar refractivity (Wildman–Crippen MR) is 57.2 cm³/mol. The Bertz CT molecular complexity index is 442. The molecule has 2 rings (SSSR count). The van der Waals surface area contributed by atoms with E-state index in [0.29, 0.717) is 17.4 Å². The van der Waals surface area contributed by atoms with E-state index < -0.39 is 0 Å². The fraction of sp³-hybridized carbons (Fsp3) is 0.100. The van der Waals surface area contributed by atoms with Crippen LogP contribution in [0.4, 0.5) is 0 Å². The Morgan fingerprint density at radius 2 is 2.33 bits per heavy atom. The zero-order chi connectivity index (χ0) is 10.7. The van der Waals surface area contributed by atoms with Crippen molar-refractivity contribution >= 4 is 11.6 Å². The molecule has 77 valence electrons. The summed E-state index contributed by atoms with van der Waals surface area (Å²) in [5, 5.41) is 4.64. The molecule has 0 bridgehead atoms. The molecule has 4 nitrogen and oxygen atoms in total. The highest BCUT2D eigenvalue weighted by molar-refractivity contribution is 6.30. The molecule has 0 spiro atoms. The van der Waals surface area contributed by atoms with Gasteiger partial charge in [0.2, 0.25) is 0 Å². The zero-order valence-electron chi connectivity index (χ0n) is 7.93. The normalized spacial score (nSPS) is 10.3. The van der Waals surface area contributed by atoms with E-state index in [1.54, 1.807) is 29.2 Å². The maximum absolute atomic E-state index is 5.90. The fourth-order valence-corrected chi connectivity index (χ4v) is 1.40. The third kappa shape index (κ3) is 2.10. The van der Waals surface area contributed by atoms with Crippen LogP contribution >= 0.6 is 11.6 Å². The fourth-order valence-electron chi connectivity index (χ4n) is 1.23. The molecule has 0 amide bonds. The second-order valence-electron chi connectivity index (χ2n) is 2.80. The first-order valence-electron chi connectivity index (χ1n) is 4.38. The molecule has 0 N–H and O–H groups in total. The summed E-state index contributed by atoms with van der Waals surface area (Å²) >= 11 is 5.90. The molecule has 0 aliphatic heterocycles. The first-order valence-corrected chi connectivity index (χ1v) is 4.75. The van der Waals surface area contributed by atoms with Crippen LogP contribution in [0, 0.1) is 6.92 Å². The van der Waals surface area contributed by atoms with Gasteiger partial charge in [-0.1, -0.05) is 11.6 Å². The average molecular weight is 223 g/mol. The minimum Gasteiger partial charge on any atom is -0.491 e. The molecule has 0 unspecified atom stereocenters. The van der Waals surface area contributed by atoms with Crippen LogP contribution in [0.15, 0.2) is 30.9 Å². The van der Waals surface area contributed by atoms with Gasteiger partial charge < -0.3 is 4.74 Å². The number of ether oxygens (including phenoxy) is 1. The summed E-state index contributed by atoms with van der Waals surface area (Å²) in [6, 6.07) is 5.30. The van der Waals surface area contributed by atoms with Crippen LogP contribution in [0.2, 0.25) is 5.02 Å². The van der Waals surface area contributed by atoms with Crippen molar-refractivity contribution in [2.75, 3.05) is 6.61 Å². The van der Waals surface area contributed by atoms with Crippen LogP contribution in [0.25, 0.3) is 5.69 Å². The van der Waals surface area contributed by atoms with E-state index in [9.17, 15) is 0 Å². The minimum absolute atomic E-state index is 0.351. The lowest BCUT2D eigenvalue weighted by molar-refractivity contribution is 0.359. The van der Waals surface area contributed by atoms with Crippen molar-refractivity contribution in [2.45, 2.75) is 0 Å². The van der Waals surface area contributed by atoms with Crippen molar-refractivity contribution in [1.82, 2.24) is 14.8 Å². The lowest BCUT2D eigenvalue weighted by atomic mass is 10.3. The molecular weight excluding hydrogens is 214 g/mol. The molecule has 0 fully saturated rings. The van der Waals surface area contributed by atoms with Crippen LogP contribution in [-0.2, 0) is 0 Å². The summed E-state index contributed by atoms with van der Waals surface area (Å²) in [4.78, 5) is 3.87. The Kier molecular flexibility index (Phi) is 2.87. The van der Waals surface area contributed by atoms with E-state index in [0.717, 1.165) is 5.69 Å². The van der Waals surface area contributed by atoms with E-state index in [-0.39, 0.29) is 0 Å². The SMILES string of the molecule is [CH2]COc1ccc(Cl)cc1-n1cncn1. The Morgan fingerprint density at radius 1 is 1.47 bits per heavy atom. The molecule has 15 heavy (non-hydrogen) atoms. The van der Waals surface area contributed by atoms with E-state index >= 15 is 0 Å². The van der Waals surface area contributed by atoms with Crippen molar-refractivity contribution in [2.24, 2.45) is 0 Å². The average Bonchev–Trinajstić information content (AvgIpc) is 2.74. The van der Waals surface area contributed by atoms with E-state index in [1.165, 1.54) is 6.33 Å². The molecule has 5 heteroatoms. The summed E-state index contributed by atoms with van der Waals surface area (Å²) in [6.45, 7) is 3.98. The Balaban J connectivity index is 2.47. The Hall–Kier alpha value is -1.55. The van der Waals surface area contributed by atoms with Crippen molar-refractivity contribution in [3.8, 4) is 11.4 Å². The smallest absolute Gasteiger partial charge is 0.145 e. The molecule has 0 saturated heterocycles. The molecule has 0 aliphatic rings. The number of hydrogen-bond donors (Lipinski definition) is 0. The Morgan fingerprint density at radius 3 is 3.00 bits per heavy atom. The molecule has 1 heterocycles. The molecule has 2 aromatic rings. The second-order valence-corrected chi connectivity index (χ2v) is 3.24. The van der Waals surface area contributed by atoms with E-state index in [4.69, 9.17) is 16.3 Å². The van der Waals surface area contributed by atoms with Crippen LogP contribution in [0.3, 0.4) is 0 Å². The quantitative estimate of drug-likeness (QED) is 0.799. The highest BCUT2D eigenvalue weighted by Gasteiger charge is 2.06. The van der Waals surface area contributed by atoms with Crippen LogP contribution in [0.1, 0.15) is 0 Å². The van der Waals surface area contributed by atoms with Gasteiger partial charge in [0.1, 0.15) is 24.1 Å². The topological polar surface area (TPSA) is 39.9 Å². The van der Waals surface area contributed by atoms with Crippen molar-refractivity contribution in [3.05, 3.63) is 42.8 Å². The first-order chi connectivity index (χ1) is 7.31. The lowest BCUT2D eigenvalue weighted by Gasteiger charge is -2.09. The number of halogens is 1. The summed E-state index contributed by atoms with van der Waals surface area (Å²) in [5.74, 6) is 0.680. The van der Waals surface area contributed by atoms with Crippen molar-refractivity contribution in [1.29, 1.82) is 0 Å². The number of hydrogen-bond acceptors (Lipinski definition) is 3. The second kappa shape index (κ2) is 4.31. The van der Waals surface area contributed by atoms with E-state index in [2.05, 4.69) is 17.0 Å². The summed E-state index contributed by atoms with van der Waals surface area (Å²) in [7, 11) is 0. The molecular formula is C10H9ClN3O. The van der Waals surface area contributed by atoms with Crippen LogP contribution in [-0.4, -0.2) is 21.4 Å². The van der Waals surface area contributed by atoms with Gasteiger partial charge in [-0.3, -0.25) is 0 Å². The van der Waals surface area contributed by atoms with Crippen molar-refractivity contribution < 1.29 is 4.74 Å². The third-order valence-corrected chi connectivity index (χ3v) is 2.08. The number of benzene rings is 1. The van der Waals surface area contributed by atoms with E-state index in [1.807, 2.05) is 0 Å². The minimum atomic E-state index is 0.351. The molecule has 1 aromatic heterocycles. The van der Waals surface area contributed by atoms with Crippen molar-refractivity contribution in [3.63, 3.8) is 0 Å². The van der Waals surface area contributed by atoms with Crippen LogP contribution < -0.4 is 4.74 Å². The van der Waals surface area contributed by atoms with Gasteiger partial charge in [0.25, 0.3) is 0 Å². The van der Waals surface area contributed by atoms with Gasteiger partial charge in [0.05, 0.1) is 6.61 Å². The van der Waals surface area contributed by atoms with Gasteiger partial charge >= 0.3 is 0 Å². The standard InChI is InChI=1S/C10H9ClN3O/c1-2-15-10-4-3-8(11)5-9(10)14-7-12-6-13-14/h3-7H,1-2H2. The van der Waals surface area contributed by atoms with Gasteiger partial charge in [-0.25, -0.2) is 9.67 Å². The highest BCUT2D eigenvalue weighted by Crippen LogP contribution is 2.25. The maximum Gasteiger partial charge on any atom is 0.145 e. The lowest BCUT2D eigenvalue weighted by Crippen LogP contribution is -2.00. The zero-order valence-corrected chi connectivity index (χ0v) is 8.68. The molecule has 0 aliphatic carbocycles. The van der Waals surface area contributed by atoms with Gasteiger partial charge in [-0.2, -0.15) is 5.10 Å². The summed E-state index contributed by atoms with van der Waals surface area (Å²) in [6.07, 6.45) is 3.04. The van der Waals surface area contributed by atoms with Gasteiger partial charge in [0, 0.05) is 5.02 Å². The van der Waals surface area contributed by atoms with Crippen LogP contribution in [0.5, 0.6) is 5.75 Å². The van der Waals surface area contributed by atoms with Gasteiger partial charge in [-0.05, 0) is 25.1 Å². The molecule has 0 atom stereocenters. The van der Waals surface area contributed by atoms with Gasteiger partial charge in [-0.15, -0.1) is 0 Å². The first kappa shape index (κ1) is 9.98. The number of aromatic nitrogens is 3.